The molecule has 2 rings (SSSR count). The number of ether oxygens (including phenoxy) is 2. The molecule has 0 saturated carbocycles. The highest BCUT2D eigenvalue weighted by Gasteiger charge is 2.16. The van der Waals surface area contributed by atoms with E-state index in [0.717, 1.165) is 11.3 Å². The van der Waals surface area contributed by atoms with E-state index < -0.39 is 11.8 Å². The molecule has 0 bridgehead atoms. The highest BCUT2D eigenvalue weighted by atomic mass is 127. The van der Waals surface area contributed by atoms with Crippen LogP contribution >= 0.6 is 24.0 Å². The molecule has 0 radical (unpaired) electrons. The van der Waals surface area contributed by atoms with Crippen LogP contribution < -0.4 is 25.8 Å². The summed E-state index contributed by atoms with van der Waals surface area (Å²) in [6, 6.07) is 11.4. The monoisotopic (exact) mass is 530 g/mol. The van der Waals surface area contributed by atoms with Crippen molar-refractivity contribution in [3.8, 4) is 11.5 Å². The Labute approximate surface area is 193 Å². The highest BCUT2D eigenvalue weighted by molar-refractivity contribution is 14.0. The minimum absolute atomic E-state index is 0. The lowest BCUT2D eigenvalue weighted by atomic mass is 9.99. The average molecular weight is 530 g/mol. The second-order valence-electron chi connectivity index (χ2n) is 6.34. The molecule has 0 aliphatic rings. The standard InChI is InChI=1S/C21H27FN4O3.HI/c1-4-24-21(26-17-9-10-18(28-2)19(12-17)29-3)25-13-15(20(23)27)11-14-5-7-16(22)8-6-14;/h5-10,12,15H,4,11,13H2,1-3H3,(H2,23,27)(H2,24,25,26);1H. The fraction of sp³-hybridized carbons (Fsp3) is 0.333. The first-order valence-electron chi connectivity index (χ1n) is 9.28. The number of benzene rings is 2. The van der Waals surface area contributed by atoms with Crippen LogP contribution in [0.15, 0.2) is 47.5 Å². The first-order valence-corrected chi connectivity index (χ1v) is 9.28. The van der Waals surface area contributed by atoms with Gasteiger partial charge in [0.1, 0.15) is 5.82 Å². The smallest absolute Gasteiger partial charge is 0.222 e. The van der Waals surface area contributed by atoms with Gasteiger partial charge in [-0.05, 0) is 43.2 Å². The number of aliphatic imine (C=N–C) groups is 1. The van der Waals surface area contributed by atoms with Gasteiger partial charge in [0.25, 0.3) is 0 Å². The van der Waals surface area contributed by atoms with Crippen molar-refractivity contribution in [3.63, 3.8) is 0 Å². The number of hydrogen-bond donors (Lipinski definition) is 3. The van der Waals surface area contributed by atoms with Crippen molar-refractivity contribution in [2.75, 3.05) is 32.6 Å². The molecule has 30 heavy (non-hydrogen) atoms. The molecule has 9 heteroatoms. The normalized spacial score (nSPS) is 11.8. The number of nitrogens with zero attached hydrogens (tertiary/aromatic N) is 1. The largest absolute Gasteiger partial charge is 0.493 e. The van der Waals surface area contributed by atoms with Crippen LogP contribution in [0.1, 0.15) is 12.5 Å². The number of carbonyl (C=O) groups excluding carboxylic acids is 1. The van der Waals surface area contributed by atoms with Gasteiger partial charge in [-0.1, -0.05) is 12.1 Å². The Kier molecular flexibility index (Phi) is 10.9. The first kappa shape index (κ1) is 25.5. The van der Waals surface area contributed by atoms with Crippen LogP contribution in [0.5, 0.6) is 11.5 Å². The molecule has 7 nitrogen and oxygen atoms in total. The third kappa shape index (κ3) is 7.69. The van der Waals surface area contributed by atoms with Crippen molar-refractivity contribution < 1.29 is 18.7 Å². The molecule has 0 aliphatic carbocycles. The first-order chi connectivity index (χ1) is 14.0. The number of nitrogens with two attached hydrogens (primary N) is 1. The Bertz CT molecular complexity index is 847. The summed E-state index contributed by atoms with van der Waals surface area (Å²) in [5.41, 5.74) is 7.11. The molecular formula is C21H28FIN4O3. The van der Waals surface area contributed by atoms with Gasteiger partial charge >= 0.3 is 0 Å². The van der Waals surface area contributed by atoms with Crippen LogP contribution in [0.2, 0.25) is 0 Å². The molecule has 2 aromatic carbocycles. The van der Waals surface area contributed by atoms with Crippen molar-refractivity contribution in [1.29, 1.82) is 0 Å². The summed E-state index contributed by atoms with van der Waals surface area (Å²) in [5.74, 6) is 0.412. The third-order valence-electron chi connectivity index (χ3n) is 4.26. The maximum Gasteiger partial charge on any atom is 0.222 e. The third-order valence-corrected chi connectivity index (χ3v) is 4.26. The van der Waals surface area contributed by atoms with E-state index in [4.69, 9.17) is 15.2 Å². The van der Waals surface area contributed by atoms with Crippen LogP contribution in [0.25, 0.3) is 0 Å². The molecule has 2 aromatic rings. The summed E-state index contributed by atoms with van der Waals surface area (Å²) < 4.78 is 23.6. The quantitative estimate of drug-likeness (QED) is 0.263. The predicted octanol–water partition coefficient (Wildman–Crippen LogP) is 3.18. The van der Waals surface area contributed by atoms with Crippen molar-refractivity contribution >= 4 is 41.5 Å². The molecule has 1 amide bonds. The van der Waals surface area contributed by atoms with E-state index in [2.05, 4.69) is 15.6 Å². The Morgan fingerprint density at radius 1 is 1.13 bits per heavy atom. The van der Waals surface area contributed by atoms with E-state index in [0.29, 0.717) is 30.4 Å². The lowest BCUT2D eigenvalue weighted by Crippen LogP contribution is -2.33. The van der Waals surface area contributed by atoms with Gasteiger partial charge in [0.2, 0.25) is 5.91 Å². The molecule has 0 saturated heterocycles. The fourth-order valence-corrected chi connectivity index (χ4v) is 2.72. The number of guanidine groups is 1. The molecule has 0 aromatic heterocycles. The van der Waals surface area contributed by atoms with Crippen LogP contribution in [-0.4, -0.2) is 39.2 Å². The molecule has 0 aliphatic heterocycles. The number of rotatable bonds is 9. The second kappa shape index (κ2) is 12.9. The lowest BCUT2D eigenvalue weighted by Gasteiger charge is -2.16. The summed E-state index contributed by atoms with van der Waals surface area (Å²) in [7, 11) is 3.13. The summed E-state index contributed by atoms with van der Waals surface area (Å²) in [5, 5.41) is 6.30. The zero-order chi connectivity index (χ0) is 21.2. The van der Waals surface area contributed by atoms with E-state index >= 15 is 0 Å². The fourth-order valence-electron chi connectivity index (χ4n) is 2.72. The second-order valence-corrected chi connectivity index (χ2v) is 6.34. The van der Waals surface area contributed by atoms with E-state index in [-0.39, 0.29) is 36.3 Å². The summed E-state index contributed by atoms with van der Waals surface area (Å²) >= 11 is 0. The van der Waals surface area contributed by atoms with Crippen molar-refractivity contribution in [2.45, 2.75) is 13.3 Å². The minimum atomic E-state index is -0.513. The number of carbonyl (C=O) groups is 1. The number of nitrogens with one attached hydrogen (secondary N) is 2. The summed E-state index contributed by atoms with van der Waals surface area (Å²) in [6.45, 7) is 2.77. The minimum Gasteiger partial charge on any atom is -0.493 e. The van der Waals surface area contributed by atoms with Gasteiger partial charge in [0.15, 0.2) is 17.5 Å². The van der Waals surface area contributed by atoms with E-state index in [9.17, 15) is 9.18 Å². The van der Waals surface area contributed by atoms with Gasteiger partial charge in [0, 0.05) is 18.3 Å². The molecular weight excluding hydrogens is 502 g/mol. The molecule has 1 atom stereocenters. The zero-order valence-corrected chi connectivity index (χ0v) is 19.6. The average Bonchev–Trinajstić information content (AvgIpc) is 2.72. The predicted molar refractivity (Wildman–Crippen MR) is 127 cm³/mol. The van der Waals surface area contributed by atoms with Gasteiger partial charge in [-0.25, -0.2) is 4.39 Å². The van der Waals surface area contributed by atoms with Gasteiger partial charge in [0.05, 0.1) is 26.7 Å². The van der Waals surface area contributed by atoms with Gasteiger partial charge in [-0.3, -0.25) is 9.79 Å². The van der Waals surface area contributed by atoms with Gasteiger partial charge in [-0.2, -0.15) is 0 Å². The Balaban J connectivity index is 0.00000450. The summed E-state index contributed by atoms with van der Waals surface area (Å²) in [6.07, 6.45) is 0.384. The maximum atomic E-state index is 13.1. The molecule has 1 unspecified atom stereocenters. The lowest BCUT2D eigenvalue weighted by molar-refractivity contribution is -0.121. The molecule has 0 spiro atoms. The van der Waals surface area contributed by atoms with Gasteiger partial charge < -0.3 is 25.8 Å². The topological polar surface area (TPSA) is 98.0 Å². The molecule has 0 heterocycles. The van der Waals surface area contributed by atoms with Crippen LogP contribution in [-0.2, 0) is 11.2 Å². The Morgan fingerprint density at radius 2 is 1.80 bits per heavy atom. The van der Waals surface area contributed by atoms with Crippen LogP contribution in [0.4, 0.5) is 10.1 Å². The zero-order valence-electron chi connectivity index (χ0n) is 17.3. The highest BCUT2D eigenvalue weighted by Crippen LogP contribution is 2.29. The number of hydrogen-bond acceptors (Lipinski definition) is 4. The molecule has 4 N–H and O–H groups in total. The Hall–Kier alpha value is -2.56. The number of primary amides is 1. The number of anilines is 1. The van der Waals surface area contributed by atoms with Crippen molar-refractivity contribution in [2.24, 2.45) is 16.6 Å². The van der Waals surface area contributed by atoms with Crippen LogP contribution in [0, 0.1) is 11.7 Å². The van der Waals surface area contributed by atoms with Crippen LogP contribution in [0.3, 0.4) is 0 Å². The molecule has 0 fully saturated rings. The van der Waals surface area contributed by atoms with E-state index in [1.54, 1.807) is 38.5 Å². The molecule has 164 valence electrons. The number of halogens is 2. The number of methoxy groups -OCH3 is 2. The maximum absolute atomic E-state index is 13.1. The van der Waals surface area contributed by atoms with E-state index in [1.807, 2.05) is 13.0 Å². The SMILES string of the molecule is CCNC(=NCC(Cc1ccc(F)cc1)C(N)=O)Nc1ccc(OC)c(OC)c1.I. The van der Waals surface area contributed by atoms with Crippen molar-refractivity contribution in [3.05, 3.63) is 53.8 Å². The number of amides is 1. The van der Waals surface area contributed by atoms with Crippen molar-refractivity contribution in [1.82, 2.24) is 5.32 Å². The van der Waals surface area contributed by atoms with E-state index in [1.165, 1.54) is 12.1 Å². The summed E-state index contributed by atoms with van der Waals surface area (Å²) in [4.78, 5) is 16.4. The van der Waals surface area contributed by atoms with Gasteiger partial charge in [-0.15, -0.1) is 24.0 Å². The Morgan fingerprint density at radius 3 is 2.37 bits per heavy atom.